The summed E-state index contributed by atoms with van der Waals surface area (Å²) in [7, 11) is 1.39. The Hall–Kier alpha value is -4.13. The number of carbonyl (C=O) groups is 2. The normalized spacial score (nSPS) is 9.83. The van der Waals surface area contributed by atoms with Gasteiger partial charge < -0.3 is 4.74 Å². The molecule has 29 heavy (non-hydrogen) atoms. The molecular weight excluding hydrogens is 406 g/mol. The van der Waals surface area contributed by atoms with Crippen LogP contribution in [0.1, 0.15) is 20.7 Å². The molecule has 0 aliphatic rings. The maximum atomic E-state index is 12.2. The number of nitro groups is 2. The summed E-state index contributed by atoms with van der Waals surface area (Å²) in [6.45, 7) is 0. The van der Waals surface area contributed by atoms with Gasteiger partial charge in [-0.1, -0.05) is 12.1 Å². The van der Waals surface area contributed by atoms with E-state index in [1.165, 1.54) is 13.2 Å². The number of nitrogens with zero attached hydrogens (tertiary/aromatic N) is 2. The van der Waals surface area contributed by atoms with E-state index in [0.717, 1.165) is 18.2 Å². The van der Waals surface area contributed by atoms with Crippen molar-refractivity contribution in [3.63, 3.8) is 0 Å². The van der Waals surface area contributed by atoms with E-state index in [9.17, 15) is 29.8 Å². The molecule has 150 valence electrons. The number of rotatable bonds is 5. The molecule has 0 saturated carbocycles. The van der Waals surface area contributed by atoms with Crippen molar-refractivity contribution in [1.82, 2.24) is 16.2 Å². The van der Waals surface area contributed by atoms with E-state index in [1.807, 2.05) is 0 Å². The molecule has 0 heterocycles. The van der Waals surface area contributed by atoms with E-state index in [4.69, 9.17) is 17.0 Å². The first-order chi connectivity index (χ1) is 13.7. The number of nitro benzene ring substituents is 2. The average molecular weight is 419 g/mol. The summed E-state index contributed by atoms with van der Waals surface area (Å²) in [4.78, 5) is 44.4. The Labute approximate surface area is 168 Å². The van der Waals surface area contributed by atoms with Crippen LogP contribution in [0, 0.1) is 20.2 Å². The van der Waals surface area contributed by atoms with Gasteiger partial charge in [-0.15, -0.1) is 0 Å². The molecule has 0 bridgehead atoms. The highest BCUT2D eigenvalue weighted by Gasteiger charge is 2.20. The largest absolute Gasteiger partial charge is 0.496 e. The monoisotopic (exact) mass is 419 g/mol. The van der Waals surface area contributed by atoms with E-state index in [1.54, 1.807) is 18.2 Å². The van der Waals surface area contributed by atoms with Crippen molar-refractivity contribution in [3.8, 4) is 5.75 Å². The second-order valence-corrected chi connectivity index (χ2v) is 5.72. The summed E-state index contributed by atoms with van der Waals surface area (Å²) in [5.41, 5.74) is 3.11. The highest BCUT2D eigenvalue weighted by atomic mass is 32.1. The van der Waals surface area contributed by atoms with E-state index in [-0.39, 0.29) is 16.2 Å². The Balaban J connectivity index is 2.05. The zero-order valence-electron chi connectivity index (χ0n) is 14.7. The first-order valence-electron chi connectivity index (χ1n) is 7.71. The van der Waals surface area contributed by atoms with Gasteiger partial charge in [-0.3, -0.25) is 46.0 Å². The molecule has 12 nitrogen and oxygen atoms in total. The maximum Gasteiger partial charge on any atom is 0.277 e. The van der Waals surface area contributed by atoms with Gasteiger partial charge in [-0.2, -0.15) is 0 Å². The van der Waals surface area contributed by atoms with Crippen LogP contribution >= 0.6 is 12.2 Å². The number of amides is 2. The van der Waals surface area contributed by atoms with Gasteiger partial charge in [0.15, 0.2) is 5.11 Å². The van der Waals surface area contributed by atoms with Crippen LogP contribution in [0.4, 0.5) is 11.4 Å². The maximum absolute atomic E-state index is 12.2. The second-order valence-electron chi connectivity index (χ2n) is 5.31. The van der Waals surface area contributed by atoms with Crippen molar-refractivity contribution in [2.24, 2.45) is 0 Å². The standard InChI is InChI=1S/C16H13N5O7S/c1-28-13-5-3-2-4-12(13)15(23)18-19-16(29)17-14(22)9-6-10(20(24)25)8-11(7-9)21(26)27/h2-8H,1H3,(H,18,23)(H2,17,19,22,29). The third-order valence-corrected chi connectivity index (χ3v) is 3.66. The molecule has 0 aliphatic carbocycles. The molecule has 0 atom stereocenters. The molecule has 2 aromatic carbocycles. The molecule has 2 rings (SSSR count). The Morgan fingerprint density at radius 2 is 1.55 bits per heavy atom. The minimum Gasteiger partial charge on any atom is -0.496 e. The molecule has 0 aromatic heterocycles. The second kappa shape index (κ2) is 9.18. The minimum absolute atomic E-state index is 0.200. The van der Waals surface area contributed by atoms with Crippen LogP contribution in [0.3, 0.4) is 0 Å². The van der Waals surface area contributed by atoms with E-state index in [0.29, 0.717) is 5.75 Å². The number of carbonyl (C=O) groups excluding carboxylic acids is 2. The van der Waals surface area contributed by atoms with Gasteiger partial charge in [0.1, 0.15) is 5.75 Å². The van der Waals surface area contributed by atoms with Gasteiger partial charge in [-0.25, -0.2) is 0 Å². The predicted octanol–water partition coefficient (Wildman–Crippen LogP) is 1.46. The molecular formula is C16H13N5O7S. The van der Waals surface area contributed by atoms with Crippen molar-refractivity contribution < 1.29 is 24.2 Å². The van der Waals surface area contributed by atoms with Gasteiger partial charge >= 0.3 is 0 Å². The van der Waals surface area contributed by atoms with Gasteiger partial charge in [0.2, 0.25) is 0 Å². The lowest BCUT2D eigenvalue weighted by Crippen LogP contribution is -2.48. The molecule has 0 saturated heterocycles. The highest BCUT2D eigenvalue weighted by molar-refractivity contribution is 7.80. The molecule has 13 heteroatoms. The number of hydrogen-bond acceptors (Lipinski definition) is 8. The molecule has 0 fully saturated rings. The number of thiocarbonyl (C=S) groups is 1. The van der Waals surface area contributed by atoms with Crippen molar-refractivity contribution in [3.05, 3.63) is 73.8 Å². The summed E-state index contributed by atoms with van der Waals surface area (Å²) < 4.78 is 5.06. The van der Waals surface area contributed by atoms with Gasteiger partial charge in [0, 0.05) is 12.1 Å². The lowest BCUT2D eigenvalue weighted by Gasteiger charge is -2.12. The van der Waals surface area contributed by atoms with Gasteiger partial charge in [0.05, 0.1) is 34.1 Å². The van der Waals surface area contributed by atoms with E-state index in [2.05, 4.69) is 16.2 Å². The lowest BCUT2D eigenvalue weighted by molar-refractivity contribution is -0.394. The fourth-order valence-electron chi connectivity index (χ4n) is 2.16. The summed E-state index contributed by atoms with van der Waals surface area (Å²) in [5.74, 6) is -1.24. The van der Waals surface area contributed by atoms with E-state index < -0.39 is 33.0 Å². The van der Waals surface area contributed by atoms with Crippen molar-refractivity contribution in [2.45, 2.75) is 0 Å². The third-order valence-electron chi connectivity index (χ3n) is 3.45. The summed E-state index contributed by atoms with van der Waals surface area (Å²) in [5, 5.41) is 23.6. The van der Waals surface area contributed by atoms with Crippen LogP contribution in [-0.2, 0) is 0 Å². The number of non-ortho nitro benzene ring substituents is 2. The van der Waals surface area contributed by atoms with Crippen LogP contribution in [0.15, 0.2) is 42.5 Å². The van der Waals surface area contributed by atoms with Crippen LogP contribution in [-0.4, -0.2) is 33.9 Å². The first-order valence-corrected chi connectivity index (χ1v) is 8.12. The van der Waals surface area contributed by atoms with Crippen LogP contribution in [0.2, 0.25) is 0 Å². The Morgan fingerprint density at radius 1 is 0.966 bits per heavy atom. The Morgan fingerprint density at radius 3 is 2.10 bits per heavy atom. The number of benzene rings is 2. The summed E-state index contributed by atoms with van der Waals surface area (Å²) in [6.07, 6.45) is 0. The number of ether oxygens (including phenoxy) is 1. The minimum atomic E-state index is -0.944. The molecule has 0 spiro atoms. The molecule has 2 aromatic rings. The first kappa shape index (κ1) is 21.2. The molecule has 0 radical (unpaired) electrons. The quantitative estimate of drug-likeness (QED) is 0.369. The molecule has 0 aliphatic heterocycles. The highest BCUT2D eigenvalue weighted by Crippen LogP contribution is 2.22. The van der Waals surface area contributed by atoms with Gasteiger partial charge in [-0.05, 0) is 24.4 Å². The van der Waals surface area contributed by atoms with Crippen LogP contribution in [0.5, 0.6) is 5.75 Å². The number of methoxy groups -OCH3 is 1. The van der Waals surface area contributed by atoms with Crippen molar-refractivity contribution in [2.75, 3.05) is 7.11 Å². The number of hydrazine groups is 1. The van der Waals surface area contributed by atoms with Crippen molar-refractivity contribution >= 4 is 40.5 Å². The summed E-state index contributed by atoms with van der Waals surface area (Å²) in [6, 6.07) is 8.81. The van der Waals surface area contributed by atoms with Crippen molar-refractivity contribution in [1.29, 1.82) is 0 Å². The topological polar surface area (TPSA) is 166 Å². The zero-order chi connectivity index (χ0) is 21.6. The number of nitrogens with one attached hydrogen (secondary N) is 3. The Bertz CT molecular complexity index is 979. The predicted molar refractivity (Wildman–Crippen MR) is 103 cm³/mol. The Kier molecular flexibility index (Phi) is 6.71. The fraction of sp³-hybridized carbons (Fsp3) is 0.0625. The molecule has 3 N–H and O–H groups in total. The summed E-state index contributed by atoms with van der Waals surface area (Å²) >= 11 is 4.87. The molecule has 0 unspecified atom stereocenters. The van der Waals surface area contributed by atoms with Crippen LogP contribution < -0.4 is 20.9 Å². The number of para-hydroxylation sites is 1. The molecule has 2 amide bonds. The third kappa shape index (κ3) is 5.43. The average Bonchev–Trinajstić information content (AvgIpc) is 2.71. The van der Waals surface area contributed by atoms with Crippen LogP contribution in [0.25, 0.3) is 0 Å². The fourth-order valence-corrected chi connectivity index (χ4v) is 2.30. The van der Waals surface area contributed by atoms with Gasteiger partial charge in [0.25, 0.3) is 23.2 Å². The zero-order valence-corrected chi connectivity index (χ0v) is 15.5. The SMILES string of the molecule is COc1ccccc1C(=O)NNC(=S)NC(=O)c1cc([N+](=O)[O-])cc([N+](=O)[O-])c1. The smallest absolute Gasteiger partial charge is 0.277 e. The van der Waals surface area contributed by atoms with E-state index >= 15 is 0 Å². The lowest BCUT2D eigenvalue weighted by atomic mass is 10.1. The number of hydrogen-bond donors (Lipinski definition) is 3.